The van der Waals surface area contributed by atoms with Gasteiger partial charge in [-0.2, -0.15) is 0 Å². The molecule has 0 radical (unpaired) electrons. The summed E-state index contributed by atoms with van der Waals surface area (Å²) in [7, 11) is 1.27. The number of methoxy groups -OCH3 is 1. The molecule has 6 nitrogen and oxygen atoms in total. The Labute approximate surface area is 162 Å². The maximum Gasteiger partial charge on any atom is 0.340 e. The van der Waals surface area contributed by atoms with Crippen LogP contribution in [0.3, 0.4) is 0 Å². The lowest BCUT2D eigenvalue weighted by molar-refractivity contribution is 0.0601. The van der Waals surface area contributed by atoms with Crippen molar-refractivity contribution < 1.29 is 19.1 Å². The Bertz CT molecular complexity index is 987. The molecule has 0 bridgehead atoms. The predicted octanol–water partition coefficient (Wildman–Crippen LogP) is 3.89. The fourth-order valence-corrected chi connectivity index (χ4v) is 2.67. The summed E-state index contributed by atoms with van der Waals surface area (Å²) in [6.07, 6.45) is 0. The van der Waals surface area contributed by atoms with Gasteiger partial charge in [-0.25, -0.2) is 4.79 Å². The van der Waals surface area contributed by atoms with E-state index in [4.69, 9.17) is 15.2 Å². The number of anilines is 2. The number of amides is 1. The van der Waals surface area contributed by atoms with E-state index in [1.54, 1.807) is 36.4 Å². The van der Waals surface area contributed by atoms with Crippen molar-refractivity contribution in [3.63, 3.8) is 0 Å². The van der Waals surface area contributed by atoms with Crippen molar-refractivity contribution in [2.24, 2.45) is 0 Å². The van der Waals surface area contributed by atoms with Gasteiger partial charge < -0.3 is 20.5 Å². The van der Waals surface area contributed by atoms with E-state index in [-0.39, 0.29) is 11.3 Å². The smallest absolute Gasteiger partial charge is 0.340 e. The van der Waals surface area contributed by atoms with E-state index >= 15 is 0 Å². The van der Waals surface area contributed by atoms with Gasteiger partial charge in [0.1, 0.15) is 12.4 Å². The number of carbonyl (C=O) groups is 2. The number of nitrogen functional groups attached to an aromatic ring is 1. The van der Waals surface area contributed by atoms with Crippen molar-refractivity contribution in [3.05, 3.63) is 89.5 Å². The Morgan fingerprint density at radius 2 is 1.57 bits per heavy atom. The molecule has 0 unspecified atom stereocenters. The molecule has 1 amide bonds. The number of ether oxygens (including phenoxy) is 2. The van der Waals surface area contributed by atoms with Gasteiger partial charge in [-0.1, -0.05) is 48.5 Å². The molecule has 0 saturated carbocycles. The number of hydrogen-bond donors (Lipinski definition) is 2. The fourth-order valence-electron chi connectivity index (χ4n) is 2.67. The molecule has 0 aliphatic rings. The first-order valence-corrected chi connectivity index (χ1v) is 8.64. The molecule has 0 saturated heterocycles. The van der Waals surface area contributed by atoms with Crippen LogP contribution in [0.1, 0.15) is 26.3 Å². The number of rotatable bonds is 6. The van der Waals surface area contributed by atoms with Crippen LogP contribution in [0.4, 0.5) is 11.4 Å². The standard InChI is InChI=1S/C22H20N2O4/c1-27-22(26)17-11-7-12-18(20(17)23)24-21(25)16-10-5-6-13-19(16)28-14-15-8-3-2-4-9-15/h2-13H,14,23H2,1H3,(H,24,25). The number of para-hydroxylation sites is 2. The van der Waals surface area contributed by atoms with E-state index < -0.39 is 11.9 Å². The van der Waals surface area contributed by atoms with Crippen LogP contribution in [0, 0.1) is 0 Å². The summed E-state index contributed by atoms with van der Waals surface area (Å²) in [4.78, 5) is 24.6. The van der Waals surface area contributed by atoms with Gasteiger partial charge in [-0.05, 0) is 29.8 Å². The molecule has 0 aliphatic heterocycles. The van der Waals surface area contributed by atoms with Crippen LogP contribution < -0.4 is 15.8 Å². The molecular formula is C22H20N2O4. The lowest BCUT2D eigenvalue weighted by atomic mass is 10.1. The summed E-state index contributed by atoms with van der Waals surface area (Å²) < 4.78 is 10.5. The van der Waals surface area contributed by atoms with E-state index in [1.807, 2.05) is 30.3 Å². The Kier molecular flexibility index (Phi) is 5.91. The van der Waals surface area contributed by atoms with E-state index in [1.165, 1.54) is 13.2 Å². The Balaban J connectivity index is 1.79. The van der Waals surface area contributed by atoms with Gasteiger partial charge >= 0.3 is 5.97 Å². The maximum atomic E-state index is 12.8. The summed E-state index contributed by atoms with van der Waals surface area (Å²) in [5.74, 6) is -0.510. The Hall–Kier alpha value is -3.80. The number of nitrogens with one attached hydrogen (secondary N) is 1. The topological polar surface area (TPSA) is 90.6 Å². The molecule has 0 aliphatic carbocycles. The third-order valence-electron chi connectivity index (χ3n) is 4.13. The molecule has 3 N–H and O–H groups in total. The van der Waals surface area contributed by atoms with E-state index in [9.17, 15) is 9.59 Å². The van der Waals surface area contributed by atoms with E-state index in [0.29, 0.717) is 23.6 Å². The fraction of sp³-hybridized carbons (Fsp3) is 0.0909. The number of esters is 1. The first-order chi connectivity index (χ1) is 13.6. The molecule has 0 spiro atoms. The summed E-state index contributed by atoms with van der Waals surface area (Å²) in [5.41, 5.74) is 8.03. The number of nitrogens with two attached hydrogens (primary N) is 1. The summed E-state index contributed by atoms with van der Waals surface area (Å²) >= 11 is 0. The molecule has 3 aromatic carbocycles. The highest BCUT2D eigenvalue weighted by molar-refractivity contribution is 6.09. The van der Waals surface area contributed by atoms with Crippen LogP contribution in [0.25, 0.3) is 0 Å². The monoisotopic (exact) mass is 376 g/mol. The van der Waals surface area contributed by atoms with Crippen LogP contribution in [0.5, 0.6) is 5.75 Å². The van der Waals surface area contributed by atoms with Gasteiger partial charge in [0.15, 0.2) is 0 Å². The summed E-state index contributed by atoms with van der Waals surface area (Å²) in [6, 6.07) is 21.4. The average molecular weight is 376 g/mol. The summed E-state index contributed by atoms with van der Waals surface area (Å²) in [6.45, 7) is 0.338. The molecule has 0 fully saturated rings. The van der Waals surface area contributed by atoms with Crippen LogP contribution >= 0.6 is 0 Å². The SMILES string of the molecule is COC(=O)c1cccc(NC(=O)c2ccccc2OCc2ccccc2)c1N. The lowest BCUT2D eigenvalue weighted by Crippen LogP contribution is -2.16. The molecule has 0 aromatic heterocycles. The van der Waals surface area contributed by atoms with E-state index in [0.717, 1.165) is 5.56 Å². The van der Waals surface area contributed by atoms with Crippen molar-refractivity contribution in [3.8, 4) is 5.75 Å². The predicted molar refractivity (Wildman–Crippen MR) is 107 cm³/mol. The lowest BCUT2D eigenvalue weighted by Gasteiger charge is -2.14. The van der Waals surface area contributed by atoms with Crippen LogP contribution in [-0.2, 0) is 11.3 Å². The molecule has 3 aromatic rings. The molecule has 142 valence electrons. The van der Waals surface area contributed by atoms with Crippen LogP contribution in [0.15, 0.2) is 72.8 Å². The van der Waals surface area contributed by atoms with Gasteiger partial charge in [-0.3, -0.25) is 4.79 Å². The first kappa shape index (κ1) is 19.0. The third-order valence-corrected chi connectivity index (χ3v) is 4.13. The second-order valence-corrected chi connectivity index (χ2v) is 5.98. The minimum absolute atomic E-state index is 0.144. The van der Waals surface area contributed by atoms with Gasteiger partial charge in [0, 0.05) is 0 Å². The normalized spacial score (nSPS) is 10.2. The number of hydrogen-bond acceptors (Lipinski definition) is 5. The molecular weight excluding hydrogens is 356 g/mol. The second kappa shape index (κ2) is 8.73. The van der Waals surface area contributed by atoms with Gasteiger partial charge in [-0.15, -0.1) is 0 Å². The highest BCUT2D eigenvalue weighted by atomic mass is 16.5. The first-order valence-electron chi connectivity index (χ1n) is 8.64. The van der Waals surface area contributed by atoms with Gasteiger partial charge in [0.05, 0.1) is 29.6 Å². The average Bonchev–Trinajstić information content (AvgIpc) is 2.74. The van der Waals surface area contributed by atoms with Crippen molar-refractivity contribution in [1.82, 2.24) is 0 Å². The zero-order valence-corrected chi connectivity index (χ0v) is 15.3. The Morgan fingerprint density at radius 3 is 2.32 bits per heavy atom. The zero-order valence-electron chi connectivity index (χ0n) is 15.3. The summed E-state index contributed by atoms with van der Waals surface area (Å²) in [5, 5.41) is 2.73. The Morgan fingerprint density at radius 1 is 0.893 bits per heavy atom. The van der Waals surface area contributed by atoms with Crippen LogP contribution in [0.2, 0.25) is 0 Å². The maximum absolute atomic E-state index is 12.8. The molecule has 28 heavy (non-hydrogen) atoms. The largest absolute Gasteiger partial charge is 0.488 e. The van der Waals surface area contributed by atoms with Crippen molar-refractivity contribution in [2.75, 3.05) is 18.2 Å². The van der Waals surface area contributed by atoms with Crippen molar-refractivity contribution in [1.29, 1.82) is 0 Å². The third kappa shape index (κ3) is 4.29. The molecule has 6 heteroatoms. The minimum Gasteiger partial charge on any atom is -0.488 e. The molecule has 0 heterocycles. The van der Waals surface area contributed by atoms with Crippen molar-refractivity contribution in [2.45, 2.75) is 6.61 Å². The second-order valence-electron chi connectivity index (χ2n) is 5.98. The number of carbonyl (C=O) groups excluding carboxylic acids is 2. The van der Waals surface area contributed by atoms with Crippen LogP contribution in [-0.4, -0.2) is 19.0 Å². The molecule has 0 atom stereocenters. The van der Waals surface area contributed by atoms with Gasteiger partial charge in [0.2, 0.25) is 0 Å². The zero-order chi connectivity index (χ0) is 19.9. The quantitative estimate of drug-likeness (QED) is 0.503. The van der Waals surface area contributed by atoms with Gasteiger partial charge in [0.25, 0.3) is 5.91 Å². The van der Waals surface area contributed by atoms with Crippen molar-refractivity contribution >= 4 is 23.3 Å². The van der Waals surface area contributed by atoms with E-state index in [2.05, 4.69) is 5.32 Å². The number of benzene rings is 3. The highest BCUT2D eigenvalue weighted by Crippen LogP contribution is 2.26. The highest BCUT2D eigenvalue weighted by Gasteiger charge is 2.17. The molecule has 3 rings (SSSR count). The minimum atomic E-state index is -0.569.